The van der Waals surface area contributed by atoms with Crippen LogP contribution in [0.25, 0.3) is 0 Å². The van der Waals surface area contributed by atoms with Gasteiger partial charge in [-0.3, -0.25) is 0 Å². The molecule has 17 heavy (non-hydrogen) atoms. The van der Waals surface area contributed by atoms with Crippen LogP contribution >= 0.6 is 0 Å². The molecule has 0 amide bonds. The van der Waals surface area contributed by atoms with Crippen LogP contribution < -0.4 is 21.9 Å². The number of para-hydroxylation sites is 1. The topological polar surface area (TPSA) is 93.1 Å². The minimum atomic E-state index is 0.415. The van der Waals surface area contributed by atoms with Crippen molar-refractivity contribution in [3.63, 3.8) is 0 Å². The molecule has 6 nitrogen and oxygen atoms in total. The van der Waals surface area contributed by atoms with E-state index in [2.05, 4.69) is 15.4 Å². The zero-order valence-electron chi connectivity index (χ0n) is 9.46. The molecule has 0 spiro atoms. The molecule has 1 aromatic carbocycles. The van der Waals surface area contributed by atoms with Crippen molar-refractivity contribution >= 4 is 23.0 Å². The van der Waals surface area contributed by atoms with Crippen molar-refractivity contribution < 1.29 is 0 Å². The second kappa shape index (κ2) is 4.67. The number of nitrogens with two attached hydrogens (primary N) is 2. The predicted molar refractivity (Wildman–Crippen MR) is 68.8 cm³/mol. The number of rotatable bonds is 3. The van der Waals surface area contributed by atoms with Gasteiger partial charge in [0, 0.05) is 12.7 Å². The van der Waals surface area contributed by atoms with Crippen LogP contribution in [-0.4, -0.2) is 17.0 Å². The zero-order valence-corrected chi connectivity index (χ0v) is 9.46. The van der Waals surface area contributed by atoms with Crippen LogP contribution in [0.5, 0.6) is 0 Å². The van der Waals surface area contributed by atoms with Gasteiger partial charge < -0.3 is 16.1 Å². The minimum absolute atomic E-state index is 0.415. The molecular formula is C11H14N6. The summed E-state index contributed by atoms with van der Waals surface area (Å²) in [7, 11) is 1.88. The van der Waals surface area contributed by atoms with Gasteiger partial charge in [-0.25, -0.2) is 15.8 Å². The molecule has 2 rings (SSSR count). The second-order valence-electron chi connectivity index (χ2n) is 3.50. The van der Waals surface area contributed by atoms with Gasteiger partial charge in [0.25, 0.3) is 0 Å². The number of hydrogen-bond acceptors (Lipinski definition) is 6. The molecular weight excluding hydrogens is 216 g/mol. The van der Waals surface area contributed by atoms with Crippen molar-refractivity contribution in [1.82, 2.24) is 9.97 Å². The van der Waals surface area contributed by atoms with Gasteiger partial charge >= 0.3 is 0 Å². The Balaban J connectivity index is 2.41. The molecule has 0 saturated carbocycles. The number of nitrogens with zero attached hydrogens (tertiary/aromatic N) is 3. The molecule has 0 aliphatic rings. The Morgan fingerprint density at radius 2 is 1.88 bits per heavy atom. The van der Waals surface area contributed by atoms with Crippen LogP contribution in [0.2, 0.25) is 0 Å². The van der Waals surface area contributed by atoms with E-state index in [0.29, 0.717) is 17.3 Å². The maximum absolute atomic E-state index is 5.92. The van der Waals surface area contributed by atoms with Crippen molar-refractivity contribution in [2.24, 2.45) is 5.84 Å². The predicted octanol–water partition coefficient (Wildman–Crippen LogP) is 1.11. The van der Waals surface area contributed by atoms with E-state index in [-0.39, 0.29) is 0 Å². The Hall–Kier alpha value is -2.34. The normalized spacial score (nSPS) is 10.0. The maximum atomic E-state index is 5.92. The fourth-order valence-corrected chi connectivity index (χ4v) is 1.54. The summed E-state index contributed by atoms with van der Waals surface area (Å²) in [5.74, 6) is 6.34. The highest BCUT2D eigenvalue weighted by atomic mass is 15.3. The van der Waals surface area contributed by atoms with Gasteiger partial charge in [0.2, 0.25) is 0 Å². The highest BCUT2D eigenvalue weighted by Gasteiger charge is 2.12. The highest BCUT2D eigenvalue weighted by Crippen LogP contribution is 2.29. The SMILES string of the molecule is CN(c1ccccc1)c1ncnc(NN)c1N. The van der Waals surface area contributed by atoms with E-state index in [1.54, 1.807) is 0 Å². The Morgan fingerprint density at radius 3 is 2.53 bits per heavy atom. The van der Waals surface area contributed by atoms with E-state index in [9.17, 15) is 0 Å². The molecule has 0 aliphatic heterocycles. The van der Waals surface area contributed by atoms with E-state index in [1.165, 1.54) is 6.33 Å². The fourth-order valence-electron chi connectivity index (χ4n) is 1.54. The maximum Gasteiger partial charge on any atom is 0.168 e. The third-order valence-electron chi connectivity index (χ3n) is 2.46. The summed E-state index contributed by atoms with van der Waals surface area (Å²) >= 11 is 0. The average Bonchev–Trinajstić information content (AvgIpc) is 2.39. The van der Waals surface area contributed by atoms with Gasteiger partial charge in [-0.15, -0.1) is 0 Å². The summed E-state index contributed by atoms with van der Waals surface area (Å²) in [6.45, 7) is 0. The van der Waals surface area contributed by atoms with Gasteiger partial charge in [-0.1, -0.05) is 18.2 Å². The lowest BCUT2D eigenvalue weighted by atomic mass is 10.3. The smallest absolute Gasteiger partial charge is 0.168 e. The van der Waals surface area contributed by atoms with E-state index in [4.69, 9.17) is 11.6 Å². The van der Waals surface area contributed by atoms with Crippen LogP contribution in [0.15, 0.2) is 36.7 Å². The Labute approximate surface area is 99.3 Å². The molecule has 0 atom stereocenters. The minimum Gasteiger partial charge on any atom is -0.393 e. The van der Waals surface area contributed by atoms with E-state index < -0.39 is 0 Å². The number of nitrogen functional groups attached to an aromatic ring is 2. The summed E-state index contributed by atoms with van der Waals surface area (Å²) in [4.78, 5) is 9.96. The number of aromatic nitrogens is 2. The Bertz CT molecular complexity index is 499. The lowest BCUT2D eigenvalue weighted by Crippen LogP contribution is -2.17. The molecule has 6 heteroatoms. The van der Waals surface area contributed by atoms with Gasteiger partial charge in [0.15, 0.2) is 11.6 Å². The Morgan fingerprint density at radius 1 is 1.18 bits per heavy atom. The summed E-state index contributed by atoms with van der Waals surface area (Å²) in [6.07, 6.45) is 1.42. The van der Waals surface area contributed by atoms with Crippen molar-refractivity contribution in [2.75, 3.05) is 23.1 Å². The number of nitrogens with one attached hydrogen (secondary N) is 1. The summed E-state index contributed by atoms with van der Waals surface area (Å²) < 4.78 is 0. The van der Waals surface area contributed by atoms with Gasteiger partial charge in [0.05, 0.1) is 0 Å². The average molecular weight is 230 g/mol. The largest absolute Gasteiger partial charge is 0.393 e. The molecule has 0 saturated heterocycles. The molecule has 0 unspecified atom stereocenters. The molecule has 1 aromatic heterocycles. The second-order valence-corrected chi connectivity index (χ2v) is 3.50. The standard InChI is InChI=1S/C11H14N6/c1-17(8-5-3-2-4-6-8)11-9(12)10(16-13)14-7-15-11/h2-7H,12-13H2,1H3,(H,14,15,16). The van der Waals surface area contributed by atoms with Gasteiger partial charge in [-0.05, 0) is 12.1 Å². The van der Waals surface area contributed by atoms with Crippen LogP contribution in [0.3, 0.4) is 0 Å². The summed E-state index contributed by atoms with van der Waals surface area (Å²) in [6, 6.07) is 9.79. The number of hydrogen-bond donors (Lipinski definition) is 3. The van der Waals surface area contributed by atoms with E-state index in [1.807, 2.05) is 42.3 Å². The zero-order chi connectivity index (χ0) is 12.3. The van der Waals surface area contributed by atoms with Crippen molar-refractivity contribution in [1.29, 1.82) is 0 Å². The van der Waals surface area contributed by atoms with E-state index in [0.717, 1.165) is 5.69 Å². The van der Waals surface area contributed by atoms with Crippen LogP contribution in [0.1, 0.15) is 0 Å². The number of benzene rings is 1. The number of hydrazine groups is 1. The van der Waals surface area contributed by atoms with E-state index >= 15 is 0 Å². The lowest BCUT2D eigenvalue weighted by Gasteiger charge is -2.20. The lowest BCUT2D eigenvalue weighted by molar-refractivity contribution is 1.08. The molecule has 0 bridgehead atoms. The first-order chi connectivity index (χ1) is 8.24. The summed E-state index contributed by atoms with van der Waals surface area (Å²) in [5, 5.41) is 0. The van der Waals surface area contributed by atoms with Crippen LogP contribution in [-0.2, 0) is 0 Å². The number of anilines is 4. The van der Waals surface area contributed by atoms with Gasteiger partial charge in [-0.2, -0.15) is 0 Å². The quantitative estimate of drug-likeness (QED) is 0.540. The molecule has 0 aliphatic carbocycles. The van der Waals surface area contributed by atoms with Crippen LogP contribution in [0, 0.1) is 0 Å². The monoisotopic (exact) mass is 230 g/mol. The molecule has 0 radical (unpaired) electrons. The third kappa shape index (κ3) is 2.11. The molecule has 5 N–H and O–H groups in total. The molecule has 0 fully saturated rings. The van der Waals surface area contributed by atoms with Crippen molar-refractivity contribution in [3.8, 4) is 0 Å². The summed E-state index contributed by atoms with van der Waals surface area (Å²) in [5.41, 5.74) is 9.77. The fraction of sp³-hybridized carbons (Fsp3) is 0.0909. The van der Waals surface area contributed by atoms with Crippen molar-refractivity contribution in [3.05, 3.63) is 36.7 Å². The Kier molecular flexibility index (Phi) is 3.06. The first-order valence-corrected chi connectivity index (χ1v) is 5.10. The third-order valence-corrected chi connectivity index (χ3v) is 2.46. The molecule has 1 heterocycles. The first-order valence-electron chi connectivity index (χ1n) is 5.10. The molecule has 88 valence electrons. The molecule has 2 aromatic rings. The van der Waals surface area contributed by atoms with Crippen LogP contribution in [0.4, 0.5) is 23.0 Å². The van der Waals surface area contributed by atoms with Gasteiger partial charge in [0.1, 0.15) is 12.0 Å². The first kappa shape index (κ1) is 11.2. The highest BCUT2D eigenvalue weighted by molar-refractivity contribution is 5.78. The van der Waals surface area contributed by atoms with Crippen molar-refractivity contribution in [2.45, 2.75) is 0 Å².